The second-order valence-corrected chi connectivity index (χ2v) is 4.87. The molecule has 0 aliphatic heterocycles. The molecule has 0 N–H and O–H groups in total. The van der Waals surface area contributed by atoms with E-state index in [0.717, 1.165) is 13.6 Å². The lowest BCUT2D eigenvalue weighted by Gasteiger charge is -2.07. The zero-order valence-electron chi connectivity index (χ0n) is 6.90. The van der Waals surface area contributed by atoms with Gasteiger partial charge in [-0.1, -0.05) is 15.9 Å². The first-order chi connectivity index (χ1) is 6.07. The topological polar surface area (TPSA) is 17.1 Å². The highest BCUT2D eigenvalue weighted by molar-refractivity contribution is 14.1. The number of halogens is 3. The van der Waals surface area contributed by atoms with E-state index in [0.29, 0.717) is 5.56 Å². The Bertz CT molecular complexity index is 352. The number of alkyl halides is 1. The van der Waals surface area contributed by atoms with Crippen LogP contribution in [0, 0.1) is 10.5 Å². The van der Waals surface area contributed by atoms with Gasteiger partial charge in [-0.2, -0.15) is 0 Å². The molecule has 0 aliphatic rings. The van der Waals surface area contributed by atoms with Crippen molar-refractivity contribution in [2.45, 2.75) is 6.92 Å². The second kappa shape index (κ2) is 4.75. The molecule has 0 spiro atoms. The van der Waals surface area contributed by atoms with Crippen molar-refractivity contribution >= 4 is 55.9 Å². The van der Waals surface area contributed by atoms with Crippen LogP contribution in [0.5, 0.6) is 0 Å². The van der Waals surface area contributed by atoms with Gasteiger partial charge in [0.05, 0.1) is 5.88 Å². The van der Waals surface area contributed by atoms with Crippen molar-refractivity contribution in [3.05, 3.63) is 31.3 Å². The van der Waals surface area contributed by atoms with Gasteiger partial charge in [-0.15, -0.1) is 11.6 Å². The van der Waals surface area contributed by atoms with Gasteiger partial charge >= 0.3 is 0 Å². The molecule has 0 aromatic heterocycles. The lowest BCUT2D eigenvalue weighted by atomic mass is 10.1. The van der Waals surface area contributed by atoms with Crippen LogP contribution in [0.25, 0.3) is 0 Å². The normalized spacial score (nSPS) is 10.2. The minimum absolute atomic E-state index is 0.0273. The van der Waals surface area contributed by atoms with Crippen LogP contribution >= 0.6 is 50.1 Å². The first-order valence-electron chi connectivity index (χ1n) is 3.61. The van der Waals surface area contributed by atoms with Gasteiger partial charge in [0.15, 0.2) is 5.78 Å². The number of Topliss-reactive ketones (excluding diaryl/α,β-unsaturated/α-hetero) is 1. The lowest BCUT2D eigenvalue weighted by molar-refractivity contribution is 0.101. The number of carbonyl (C=O) groups excluding carboxylic acids is 1. The molecule has 0 bridgehead atoms. The van der Waals surface area contributed by atoms with Gasteiger partial charge in [0.2, 0.25) is 0 Å². The van der Waals surface area contributed by atoms with Crippen LogP contribution in [-0.4, -0.2) is 11.7 Å². The number of hydrogen-bond donors (Lipinski definition) is 0. The lowest BCUT2D eigenvalue weighted by Crippen LogP contribution is -2.05. The van der Waals surface area contributed by atoms with E-state index in [4.69, 9.17) is 11.6 Å². The van der Waals surface area contributed by atoms with Crippen LogP contribution in [0.1, 0.15) is 15.9 Å². The Hall–Kier alpha value is 0.390. The zero-order chi connectivity index (χ0) is 10.0. The van der Waals surface area contributed by atoms with Crippen molar-refractivity contribution in [1.29, 1.82) is 0 Å². The first kappa shape index (κ1) is 11.5. The highest BCUT2D eigenvalue weighted by Gasteiger charge is 2.13. The maximum atomic E-state index is 11.4. The van der Waals surface area contributed by atoms with E-state index in [2.05, 4.69) is 38.5 Å². The average molecular weight is 373 g/mol. The van der Waals surface area contributed by atoms with Crippen molar-refractivity contribution in [2.75, 3.05) is 5.88 Å². The Kier molecular flexibility index (Phi) is 4.19. The molecule has 0 saturated heterocycles. The van der Waals surface area contributed by atoms with Crippen molar-refractivity contribution in [3.63, 3.8) is 0 Å². The van der Waals surface area contributed by atoms with Gasteiger partial charge in [0.25, 0.3) is 0 Å². The largest absolute Gasteiger partial charge is 0.293 e. The standard InChI is InChI=1S/C9H7BrClIO/c1-5-7(12)3-2-6(10)9(5)8(13)4-11/h2-3H,4H2,1H3. The summed E-state index contributed by atoms with van der Waals surface area (Å²) < 4.78 is 1.89. The summed E-state index contributed by atoms with van der Waals surface area (Å²) in [6.45, 7) is 1.92. The third-order valence-corrected chi connectivity index (χ3v) is 3.82. The number of carbonyl (C=O) groups is 1. The summed E-state index contributed by atoms with van der Waals surface area (Å²) in [5, 5.41) is 0. The van der Waals surface area contributed by atoms with E-state index in [1.165, 1.54) is 0 Å². The Morgan fingerprint density at radius 1 is 1.62 bits per heavy atom. The van der Waals surface area contributed by atoms with Gasteiger partial charge in [-0.3, -0.25) is 4.79 Å². The molecule has 70 valence electrons. The summed E-state index contributed by atoms with van der Waals surface area (Å²) in [6.07, 6.45) is 0. The van der Waals surface area contributed by atoms with Gasteiger partial charge in [-0.05, 0) is 47.2 Å². The SMILES string of the molecule is Cc1c(I)ccc(Br)c1C(=O)CCl. The Balaban J connectivity index is 3.33. The number of hydrogen-bond acceptors (Lipinski definition) is 1. The third kappa shape index (κ3) is 2.44. The molecule has 4 heteroatoms. The summed E-state index contributed by atoms with van der Waals surface area (Å²) in [5.74, 6) is -0.0101. The predicted octanol–water partition coefficient (Wildman–Crippen LogP) is 3.78. The van der Waals surface area contributed by atoms with E-state index in [-0.39, 0.29) is 11.7 Å². The fourth-order valence-electron chi connectivity index (χ4n) is 1.06. The fraction of sp³-hybridized carbons (Fsp3) is 0.222. The summed E-state index contributed by atoms with van der Waals surface area (Å²) in [7, 11) is 0. The molecule has 0 amide bonds. The predicted molar refractivity (Wildman–Crippen MR) is 66.6 cm³/mol. The van der Waals surface area contributed by atoms with E-state index in [9.17, 15) is 4.79 Å². The molecule has 1 aromatic rings. The number of rotatable bonds is 2. The van der Waals surface area contributed by atoms with Gasteiger partial charge in [0.1, 0.15) is 0 Å². The van der Waals surface area contributed by atoms with E-state index in [1.807, 2.05) is 19.1 Å². The van der Waals surface area contributed by atoms with Gasteiger partial charge < -0.3 is 0 Å². The summed E-state index contributed by atoms with van der Waals surface area (Å²) in [6, 6.07) is 3.83. The average Bonchev–Trinajstić information content (AvgIpc) is 2.12. The molecule has 13 heavy (non-hydrogen) atoms. The molecule has 0 fully saturated rings. The Morgan fingerprint density at radius 3 is 2.77 bits per heavy atom. The molecular weight excluding hydrogens is 366 g/mol. The quantitative estimate of drug-likeness (QED) is 0.438. The third-order valence-electron chi connectivity index (χ3n) is 1.75. The van der Waals surface area contributed by atoms with Crippen molar-refractivity contribution < 1.29 is 4.79 Å². The van der Waals surface area contributed by atoms with Crippen LogP contribution in [0.4, 0.5) is 0 Å². The maximum absolute atomic E-state index is 11.4. The molecule has 0 unspecified atom stereocenters. The van der Waals surface area contributed by atoms with Gasteiger partial charge in [-0.25, -0.2) is 0 Å². The highest BCUT2D eigenvalue weighted by atomic mass is 127. The minimum atomic E-state index is -0.0374. The molecule has 0 aliphatic carbocycles. The maximum Gasteiger partial charge on any atom is 0.179 e. The molecule has 1 rings (SSSR count). The van der Waals surface area contributed by atoms with Crippen molar-refractivity contribution in [2.24, 2.45) is 0 Å². The van der Waals surface area contributed by atoms with Gasteiger partial charge in [0, 0.05) is 13.6 Å². The molecule has 1 aromatic carbocycles. The molecule has 0 saturated carbocycles. The second-order valence-electron chi connectivity index (χ2n) is 2.59. The Labute approximate surface area is 104 Å². The van der Waals surface area contributed by atoms with E-state index >= 15 is 0 Å². The molecule has 0 atom stereocenters. The number of ketones is 1. The van der Waals surface area contributed by atoms with Crippen LogP contribution in [0.15, 0.2) is 16.6 Å². The number of benzene rings is 1. The highest BCUT2D eigenvalue weighted by Crippen LogP contribution is 2.25. The Morgan fingerprint density at radius 2 is 2.23 bits per heavy atom. The summed E-state index contributed by atoms with van der Waals surface area (Å²) in [5.41, 5.74) is 1.68. The van der Waals surface area contributed by atoms with Crippen LogP contribution in [-0.2, 0) is 0 Å². The van der Waals surface area contributed by atoms with Crippen LogP contribution in [0.2, 0.25) is 0 Å². The zero-order valence-corrected chi connectivity index (χ0v) is 11.4. The molecule has 0 heterocycles. The molecule has 1 nitrogen and oxygen atoms in total. The van der Waals surface area contributed by atoms with E-state index < -0.39 is 0 Å². The monoisotopic (exact) mass is 372 g/mol. The summed E-state index contributed by atoms with van der Waals surface area (Å²) >= 11 is 11.1. The van der Waals surface area contributed by atoms with Crippen molar-refractivity contribution in [3.8, 4) is 0 Å². The fourth-order valence-corrected chi connectivity index (χ4v) is 2.30. The molecular formula is C9H7BrClIO. The van der Waals surface area contributed by atoms with Crippen LogP contribution < -0.4 is 0 Å². The minimum Gasteiger partial charge on any atom is -0.293 e. The summed E-state index contributed by atoms with van der Waals surface area (Å²) in [4.78, 5) is 11.4. The van der Waals surface area contributed by atoms with Crippen molar-refractivity contribution in [1.82, 2.24) is 0 Å². The first-order valence-corrected chi connectivity index (χ1v) is 6.02. The van der Waals surface area contributed by atoms with Crippen LogP contribution in [0.3, 0.4) is 0 Å². The smallest absolute Gasteiger partial charge is 0.179 e. The van der Waals surface area contributed by atoms with E-state index in [1.54, 1.807) is 0 Å². The molecule has 0 radical (unpaired) electrons.